The number of methoxy groups -OCH3 is 1. The van der Waals surface area contributed by atoms with Crippen LogP contribution in [0.25, 0.3) is 0 Å². The van der Waals surface area contributed by atoms with Gasteiger partial charge < -0.3 is 4.74 Å². The van der Waals surface area contributed by atoms with Crippen molar-refractivity contribution in [2.24, 2.45) is 5.41 Å². The molecule has 0 saturated heterocycles. The molecule has 4 aliphatic carbocycles. The van der Waals surface area contributed by atoms with Gasteiger partial charge in [0.1, 0.15) is 17.0 Å². The number of hydrogen-bond donors (Lipinski definition) is 0. The summed E-state index contributed by atoms with van der Waals surface area (Å²) in [6.45, 7) is 0. The second kappa shape index (κ2) is 2.81. The molecule has 0 radical (unpaired) electrons. The molecule has 0 amide bonds. The van der Waals surface area contributed by atoms with Crippen molar-refractivity contribution < 1.29 is 22.7 Å². The summed E-state index contributed by atoms with van der Waals surface area (Å²) in [7, 11) is 1.18. The lowest BCUT2D eigenvalue weighted by atomic mass is 9.46. The van der Waals surface area contributed by atoms with E-state index in [1.807, 2.05) is 0 Å². The van der Waals surface area contributed by atoms with Gasteiger partial charge in [-0.05, 0) is 19.3 Å². The quantitative estimate of drug-likeness (QED) is 0.667. The first kappa shape index (κ1) is 11.4. The van der Waals surface area contributed by atoms with Gasteiger partial charge >= 0.3 is 5.97 Å². The maximum atomic E-state index is 14.4. The van der Waals surface area contributed by atoms with E-state index in [-0.39, 0.29) is 38.5 Å². The summed E-state index contributed by atoms with van der Waals surface area (Å²) >= 11 is 0. The summed E-state index contributed by atoms with van der Waals surface area (Å²) in [6.07, 6.45) is -1.10. The van der Waals surface area contributed by atoms with Crippen molar-refractivity contribution in [3.05, 3.63) is 0 Å². The number of rotatable bonds is 1. The number of esters is 1. The molecule has 0 aromatic heterocycles. The summed E-state index contributed by atoms with van der Waals surface area (Å²) in [5.74, 6) is -0.664. The molecule has 0 aliphatic heterocycles. The van der Waals surface area contributed by atoms with E-state index in [4.69, 9.17) is 0 Å². The number of carbonyl (C=O) groups excluding carboxylic acids is 1. The van der Waals surface area contributed by atoms with Gasteiger partial charge in [-0.2, -0.15) is 0 Å². The molecule has 4 rings (SSSR count). The number of hydrogen-bond acceptors (Lipinski definition) is 2. The molecule has 0 N–H and O–H groups in total. The van der Waals surface area contributed by atoms with Gasteiger partial charge in [0.15, 0.2) is 0 Å². The van der Waals surface area contributed by atoms with Crippen LogP contribution in [0.15, 0.2) is 0 Å². The Morgan fingerprint density at radius 3 is 1.53 bits per heavy atom. The van der Waals surface area contributed by atoms with Gasteiger partial charge in [0.05, 0.1) is 12.5 Å². The fourth-order valence-electron chi connectivity index (χ4n) is 4.71. The third-order valence-corrected chi connectivity index (χ3v) is 4.48. The average Bonchev–Trinajstić information content (AvgIpc) is 2.08. The molecule has 0 unspecified atom stereocenters. The van der Waals surface area contributed by atoms with Crippen LogP contribution in [0, 0.1) is 5.41 Å². The average molecular weight is 248 g/mol. The summed E-state index contributed by atoms with van der Waals surface area (Å²) in [5.41, 5.74) is -6.94. The highest BCUT2D eigenvalue weighted by molar-refractivity contribution is 5.78. The molecule has 0 aromatic rings. The van der Waals surface area contributed by atoms with Gasteiger partial charge in [-0.1, -0.05) is 0 Å². The first-order chi connectivity index (χ1) is 7.72. The van der Waals surface area contributed by atoms with Gasteiger partial charge in [-0.3, -0.25) is 4.79 Å². The van der Waals surface area contributed by atoms with Crippen molar-refractivity contribution in [3.63, 3.8) is 0 Å². The Morgan fingerprint density at radius 1 is 0.882 bits per heavy atom. The van der Waals surface area contributed by atoms with E-state index in [0.29, 0.717) is 0 Å². The highest BCUT2D eigenvalue weighted by atomic mass is 19.2. The van der Waals surface area contributed by atoms with Crippen molar-refractivity contribution in [3.8, 4) is 0 Å². The lowest BCUT2D eigenvalue weighted by Crippen LogP contribution is -2.67. The standard InChI is InChI=1S/C12H15F3O2/c1-17-8(16)9-2-10(13)5-11(14,3-9)7-12(15,4-9)6-10/h2-7H2,1H3. The summed E-state index contributed by atoms with van der Waals surface area (Å²) in [4.78, 5) is 11.8. The van der Waals surface area contributed by atoms with Crippen molar-refractivity contribution in [2.75, 3.05) is 7.11 Å². The summed E-state index contributed by atoms with van der Waals surface area (Å²) in [5, 5.41) is 0. The smallest absolute Gasteiger partial charge is 0.312 e. The molecule has 0 spiro atoms. The zero-order chi connectivity index (χ0) is 12.5. The van der Waals surface area contributed by atoms with Crippen molar-refractivity contribution in [1.29, 1.82) is 0 Å². The van der Waals surface area contributed by atoms with E-state index in [9.17, 15) is 18.0 Å². The SMILES string of the molecule is COC(=O)C12CC3(F)CC(F)(CC(F)(C3)C1)C2. The minimum atomic E-state index is -1.88. The highest BCUT2D eigenvalue weighted by Crippen LogP contribution is 2.68. The van der Waals surface area contributed by atoms with E-state index in [1.165, 1.54) is 7.11 Å². The van der Waals surface area contributed by atoms with E-state index in [2.05, 4.69) is 4.74 Å². The van der Waals surface area contributed by atoms with Crippen LogP contribution in [0.5, 0.6) is 0 Å². The van der Waals surface area contributed by atoms with Crippen LogP contribution in [0.4, 0.5) is 13.2 Å². The molecule has 17 heavy (non-hydrogen) atoms. The van der Waals surface area contributed by atoms with Gasteiger partial charge in [-0.25, -0.2) is 13.2 Å². The molecule has 4 saturated carbocycles. The van der Waals surface area contributed by atoms with Crippen LogP contribution >= 0.6 is 0 Å². The third-order valence-electron chi connectivity index (χ3n) is 4.48. The Morgan fingerprint density at radius 2 is 1.24 bits per heavy atom. The van der Waals surface area contributed by atoms with Crippen molar-refractivity contribution >= 4 is 5.97 Å². The minimum absolute atomic E-state index is 0.0932. The molecule has 0 aromatic carbocycles. The van der Waals surface area contributed by atoms with E-state index in [0.717, 1.165) is 0 Å². The fourth-order valence-corrected chi connectivity index (χ4v) is 4.71. The van der Waals surface area contributed by atoms with Crippen molar-refractivity contribution in [2.45, 2.75) is 55.5 Å². The van der Waals surface area contributed by atoms with E-state index < -0.39 is 28.4 Å². The van der Waals surface area contributed by atoms with Crippen LogP contribution < -0.4 is 0 Å². The lowest BCUT2D eigenvalue weighted by Gasteiger charge is -2.61. The lowest BCUT2D eigenvalue weighted by molar-refractivity contribution is -0.226. The van der Waals surface area contributed by atoms with Crippen LogP contribution in [0.3, 0.4) is 0 Å². The molecule has 5 heteroatoms. The zero-order valence-corrected chi connectivity index (χ0v) is 9.69. The molecule has 0 heterocycles. The Kier molecular flexibility index (Phi) is 1.87. The molecule has 0 atom stereocenters. The molecule has 2 nitrogen and oxygen atoms in total. The predicted molar refractivity (Wildman–Crippen MR) is 53.7 cm³/mol. The monoisotopic (exact) mass is 248 g/mol. The maximum absolute atomic E-state index is 14.4. The third kappa shape index (κ3) is 1.43. The predicted octanol–water partition coefficient (Wildman–Crippen LogP) is 2.65. The Hall–Kier alpha value is -0.740. The van der Waals surface area contributed by atoms with Gasteiger partial charge in [0.2, 0.25) is 0 Å². The largest absolute Gasteiger partial charge is 0.469 e. The van der Waals surface area contributed by atoms with Gasteiger partial charge in [0.25, 0.3) is 0 Å². The fraction of sp³-hybridized carbons (Fsp3) is 0.917. The molecule has 96 valence electrons. The van der Waals surface area contributed by atoms with Crippen LogP contribution in [0.1, 0.15) is 38.5 Å². The van der Waals surface area contributed by atoms with E-state index >= 15 is 0 Å². The highest BCUT2D eigenvalue weighted by Gasteiger charge is 2.72. The minimum Gasteiger partial charge on any atom is -0.469 e. The number of ether oxygens (including phenoxy) is 1. The second-order valence-corrected chi connectivity index (χ2v) is 6.29. The van der Waals surface area contributed by atoms with Crippen molar-refractivity contribution in [1.82, 2.24) is 0 Å². The van der Waals surface area contributed by atoms with Gasteiger partial charge in [-0.15, -0.1) is 0 Å². The Labute approximate surface area is 97.5 Å². The van der Waals surface area contributed by atoms with Gasteiger partial charge in [0, 0.05) is 19.3 Å². The van der Waals surface area contributed by atoms with Crippen LogP contribution in [-0.4, -0.2) is 30.1 Å². The normalized spacial score (nSPS) is 56.0. The summed E-state index contributed by atoms with van der Waals surface area (Å²) < 4.78 is 47.9. The number of alkyl halides is 3. The van der Waals surface area contributed by atoms with Crippen LogP contribution in [0.2, 0.25) is 0 Å². The first-order valence-electron chi connectivity index (χ1n) is 5.88. The maximum Gasteiger partial charge on any atom is 0.312 e. The molecule has 4 aliphatic rings. The molecule has 4 bridgehead atoms. The Bertz CT molecular complexity index is 342. The second-order valence-electron chi connectivity index (χ2n) is 6.29. The number of carbonyl (C=O) groups is 1. The Balaban J connectivity index is 2.07. The van der Waals surface area contributed by atoms with E-state index in [1.54, 1.807) is 0 Å². The number of halogens is 3. The summed E-state index contributed by atoms with van der Waals surface area (Å²) in [6, 6.07) is 0. The topological polar surface area (TPSA) is 26.3 Å². The van der Waals surface area contributed by atoms with Crippen LogP contribution in [-0.2, 0) is 9.53 Å². The molecular weight excluding hydrogens is 233 g/mol. The molecular formula is C12H15F3O2. The first-order valence-corrected chi connectivity index (χ1v) is 5.88. The molecule has 4 fully saturated rings. The zero-order valence-electron chi connectivity index (χ0n) is 9.69.